The van der Waals surface area contributed by atoms with E-state index in [9.17, 15) is 14.0 Å². The zero-order valence-electron chi connectivity index (χ0n) is 10.3. The molecule has 106 valence electrons. The van der Waals surface area contributed by atoms with Crippen molar-refractivity contribution in [1.29, 1.82) is 0 Å². The number of fused-ring (bicyclic) bond motifs is 1. The predicted molar refractivity (Wildman–Crippen MR) is 72.4 cm³/mol. The lowest BCUT2D eigenvalue weighted by Crippen LogP contribution is -2.41. The molecule has 0 spiro atoms. The van der Waals surface area contributed by atoms with Crippen LogP contribution in [0, 0.1) is 5.82 Å². The molecular weight excluding hydrogens is 285 g/mol. The summed E-state index contributed by atoms with van der Waals surface area (Å²) in [5, 5.41) is 20.3. The third-order valence-corrected chi connectivity index (χ3v) is 3.85. The molecule has 1 heterocycles. The monoisotopic (exact) mass is 297 g/mol. The van der Waals surface area contributed by atoms with Crippen LogP contribution in [0.15, 0.2) is 24.3 Å². The fourth-order valence-electron chi connectivity index (χ4n) is 1.75. The van der Waals surface area contributed by atoms with Gasteiger partial charge in [-0.1, -0.05) is 6.07 Å². The van der Waals surface area contributed by atoms with Gasteiger partial charge >= 0.3 is 5.97 Å². The van der Waals surface area contributed by atoms with Gasteiger partial charge in [0.1, 0.15) is 11.9 Å². The molecule has 0 saturated carbocycles. The first kappa shape index (κ1) is 14.4. The van der Waals surface area contributed by atoms with Crippen molar-refractivity contribution in [2.75, 3.05) is 6.61 Å². The smallest absolute Gasteiger partial charge is 0.326 e. The second-order valence-corrected chi connectivity index (χ2v) is 5.22. The van der Waals surface area contributed by atoms with Gasteiger partial charge in [-0.15, -0.1) is 11.3 Å². The number of carboxylic acids is 1. The van der Waals surface area contributed by atoms with Gasteiger partial charge in [-0.2, -0.15) is 0 Å². The number of rotatable bonds is 5. The van der Waals surface area contributed by atoms with Gasteiger partial charge in [0.15, 0.2) is 0 Å². The summed E-state index contributed by atoms with van der Waals surface area (Å²) < 4.78 is 14.1. The summed E-state index contributed by atoms with van der Waals surface area (Å²) in [6, 6.07) is 4.75. The van der Waals surface area contributed by atoms with Crippen LogP contribution in [0.3, 0.4) is 0 Å². The van der Waals surface area contributed by atoms with Gasteiger partial charge in [0.05, 0.1) is 4.88 Å². The molecule has 0 aliphatic rings. The summed E-state index contributed by atoms with van der Waals surface area (Å²) in [6.45, 7) is -0.349. The second-order valence-electron chi connectivity index (χ2n) is 4.14. The molecule has 2 aromatic rings. The zero-order chi connectivity index (χ0) is 14.7. The molecular formula is C13H12FNO4S. The van der Waals surface area contributed by atoms with Crippen molar-refractivity contribution in [3.05, 3.63) is 35.0 Å². The molecule has 2 rings (SSSR count). The van der Waals surface area contributed by atoms with Crippen LogP contribution >= 0.6 is 11.3 Å². The highest BCUT2D eigenvalue weighted by atomic mass is 32.1. The summed E-state index contributed by atoms with van der Waals surface area (Å²) in [6.07, 6.45) is -0.0830. The van der Waals surface area contributed by atoms with E-state index in [1.807, 2.05) is 0 Å². The van der Waals surface area contributed by atoms with Crippen LogP contribution in [-0.2, 0) is 4.79 Å². The van der Waals surface area contributed by atoms with E-state index in [0.29, 0.717) is 10.1 Å². The minimum Gasteiger partial charge on any atom is -0.480 e. The molecule has 0 aliphatic carbocycles. The van der Waals surface area contributed by atoms with Crippen molar-refractivity contribution in [3.8, 4) is 0 Å². The molecule has 1 amide bonds. The van der Waals surface area contributed by atoms with Crippen LogP contribution in [0.25, 0.3) is 10.1 Å². The predicted octanol–water partition coefficient (Wildman–Crippen LogP) is 1.61. The molecule has 3 N–H and O–H groups in total. The van der Waals surface area contributed by atoms with Crippen molar-refractivity contribution >= 4 is 33.3 Å². The van der Waals surface area contributed by atoms with E-state index in [4.69, 9.17) is 10.2 Å². The highest BCUT2D eigenvalue weighted by molar-refractivity contribution is 7.20. The highest BCUT2D eigenvalue weighted by Gasteiger charge is 2.21. The largest absolute Gasteiger partial charge is 0.480 e. The van der Waals surface area contributed by atoms with Crippen LogP contribution in [0.5, 0.6) is 0 Å². The number of carbonyl (C=O) groups is 2. The Kier molecular flexibility index (Phi) is 4.31. The van der Waals surface area contributed by atoms with E-state index in [-0.39, 0.29) is 17.9 Å². The number of nitrogens with one attached hydrogen (secondary N) is 1. The number of aliphatic hydroxyl groups is 1. The molecule has 1 aromatic carbocycles. The number of hydrogen-bond donors (Lipinski definition) is 3. The summed E-state index contributed by atoms with van der Waals surface area (Å²) in [4.78, 5) is 23.1. The minimum atomic E-state index is -1.22. The van der Waals surface area contributed by atoms with Crippen molar-refractivity contribution in [2.24, 2.45) is 0 Å². The first-order valence-corrected chi connectivity index (χ1v) is 6.67. The maximum Gasteiger partial charge on any atom is 0.326 e. The van der Waals surface area contributed by atoms with E-state index in [0.717, 1.165) is 11.3 Å². The van der Waals surface area contributed by atoms with Gasteiger partial charge in [0, 0.05) is 23.1 Å². The summed E-state index contributed by atoms with van der Waals surface area (Å²) in [5.41, 5.74) is 0. The third-order valence-electron chi connectivity index (χ3n) is 2.75. The third kappa shape index (κ3) is 2.94. The molecule has 0 bridgehead atoms. The minimum absolute atomic E-state index is 0.0830. The van der Waals surface area contributed by atoms with Crippen LogP contribution in [0.4, 0.5) is 4.39 Å². The molecule has 0 radical (unpaired) electrons. The summed E-state index contributed by atoms with van der Waals surface area (Å²) in [7, 11) is 0. The van der Waals surface area contributed by atoms with Crippen LogP contribution < -0.4 is 5.32 Å². The van der Waals surface area contributed by atoms with Gasteiger partial charge in [-0.05, 0) is 18.2 Å². The molecule has 20 heavy (non-hydrogen) atoms. The Hall–Kier alpha value is -1.99. The van der Waals surface area contributed by atoms with E-state index in [1.165, 1.54) is 12.1 Å². The maximum atomic E-state index is 13.5. The van der Waals surface area contributed by atoms with Crippen molar-refractivity contribution in [3.63, 3.8) is 0 Å². The van der Waals surface area contributed by atoms with Crippen LogP contribution in [0.1, 0.15) is 16.1 Å². The summed E-state index contributed by atoms with van der Waals surface area (Å²) >= 11 is 1.08. The van der Waals surface area contributed by atoms with Gasteiger partial charge in [0.2, 0.25) is 0 Å². The Labute approximate surface area is 117 Å². The molecule has 7 heteroatoms. The van der Waals surface area contributed by atoms with E-state index >= 15 is 0 Å². The Morgan fingerprint density at radius 1 is 1.40 bits per heavy atom. The average Bonchev–Trinajstić information content (AvgIpc) is 2.83. The van der Waals surface area contributed by atoms with Gasteiger partial charge < -0.3 is 15.5 Å². The first-order chi connectivity index (χ1) is 9.52. The topological polar surface area (TPSA) is 86.6 Å². The fourth-order valence-corrected chi connectivity index (χ4v) is 2.73. The average molecular weight is 297 g/mol. The molecule has 0 aliphatic heterocycles. The molecule has 0 unspecified atom stereocenters. The number of hydrogen-bond acceptors (Lipinski definition) is 4. The van der Waals surface area contributed by atoms with Crippen molar-refractivity contribution in [1.82, 2.24) is 5.32 Å². The lowest BCUT2D eigenvalue weighted by atomic mass is 10.2. The Bertz CT molecular complexity index is 655. The molecule has 0 saturated heterocycles. The number of thiophene rings is 1. The number of aliphatic hydroxyl groups excluding tert-OH is 1. The van der Waals surface area contributed by atoms with Gasteiger partial charge in [-0.25, -0.2) is 9.18 Å². The Balaban J connectivity index is 2.22. The Morgan fingerprint density at radius 3 is 2.75 bits per heavy atom. The number of aliphatic carboxylic acids is 1. The molecule has 0 fully saturated rings. The SMILES string of the molecule is O=C(N[C@H](CCO)C(=O)O)c1cc2c(F)cccc2s1. The quantitative estimate of drug-likeness (QED) is 0.782. The lowest BCUT2D eigenvalue weighted by molar-refractivity contribution is -0.139. The fraction of sp³-hybridized carbons (Fsp3) is 0.231. The number of carboxylic acid groups (broad SMARTS) is 1. The van der Waals surface area contributed by atoms with Crippen molar-refractivity contribution in [2.45, 2.75) is 12.5 Å². The normalized spacial score (nSPS) is 12.3. The number of carbonyl (C=O) groups excluding carboxylic acids is 1. The van der Waals surface area contributed by atoms with Crippen LogP contribution in [0.2, 0.25) is 0 Å². The molecule has 5 nitrogen and oxygen atoms in total. The Morgan fingerprint density at radius 2 is 2.15 bits per heavy atom. The molecule has 1 atom stereocenters. The number of amides is 1. The highest BCUT2D eigenvalue weighted by Crippen LogP contribution is 2.27. The maximum absolute atomic E-state index is 13.5. The van der Waals surface area contributed by atoms with Crippen molar-refractivity contribution < 1.29 is 24.2 Å². The second kappa shape index (κ2) is 5.98. The number of benzene rings is 1. The lowest BCUT2D eigenvalue weighted by Gasteiger charge is -2.11. The van der Waals surface area contributed by atoms with E-state index in [1.54, 1.807) is 12.1 Å². The standard InChI is InChI=1S/C13H12FNO4S/c14-8-2-1-3-10-7(8)6-11(20-10)12(17)15-9(4-5-16)13(18)19/h1-3,6,9,16H,4-5H2,(H,15,17)(H,18,19)/t9-/m1/s1. The first-order valence-electron chi connectivity index (χ1n) is 5.85. The number of halogens is 1. The zero-order valence-corrected chi connectivity index (χ0v) is 11.1. The van der Waals surface area contributed by atoms with Crippen LogP contribution in [-0.4, -0.2) is 34.7 Å². The molecule has 1 aromatic heterocycles. The van der Waals surface area contributed by atoms with E-state index in [2.05, 4.69) is 5.32 Å². The van der Waals surface area contributed by atoms with E-state index < -0.39 is 23.7 Å². The van der Waals surface area contributed by atoms with Gasteiger partial charge in [0.25, 0.3) is 5.91 Å². The van der Waals surface area contributed by atoms with Gasteiger partial charge in [-0.3, -0.25) is 4.79 Å². The summed E-state index contributed by atoms with van der Waals surface area (Å²) in [5.74, 6) is -2.24.